The highest BCUT2D eigenvalue weighted by Gasteiger charge is 2.24. The molecule has 2 rings (SSSR count). The molecule has 25 heavy (non-hydrogen) atoms. The summed E-state index contributed by atoms with van der Waals surface area (Å²) in [4.78, 5) is 11.0. The predicted molar refractivity (Wildman–Crippen MR) is 98.4 cm³/mol. The zero-order chi connectivity index (χ0) is 18.4. The SMILES string of the molecule is CCc1ccc(N(CCCC(=O)O)S(=O)(=O)c2ccc(C)cc2)cc1. The van der Waals surface area contributed by atoms with Gasteiger partial charge in [-0.25, -0.2) is 8.42 Å². The quantitative estimate of drug-likeness (QED) is 0.779. The van der Waals surface area contributed by atoms with Crippen molar-refractivity contribution >= 4 is 21.7 Å². The normalized spacial score (nSPS) is 11.3. The first-order valence-electron chi connectivity index (χ1n) is 8.24. The molecule has 0 unspecified atom stereocenters. The standard InChI is InChI=1S/C19H23NO4S/c1-3-16-8-10-17(11-9-16)20(14-4-5-19(21)22)25(23,24)18-12-6-15(2)7-13-18/h6-13H,3-5,14H2,1-2H3,(H,21,22). The monoisotopic (exact) mass is 361 g/mol. The lowest BCUT2D eigenvalue weighted by molar-refractivity contribution is -0.137. The predicted octanol–water partition coefficient (Wildman–Crippen LogP) is 3.62. The van der Waals surface area contributed by atoms with Gasteiger partial charge in [0, 0.05) is 13.0 Å². The molecule has 0 aromatic heterocycles. The molecule has 0 saturated heterocycles. The van der Waals surface area contributed by atoms with Gasteiger partial charge in [0.2, 0.25) is 0 Å². The molecule has 0 aliphatic carbocycles. The maximum atomic E-state index is 13.1. The number of hydrogen-bond donors (Lipinski definition) is 1. The number of carboxylic acid groups (broad SMARTS) is 1. The van der Waals surface area contributed by atoms with E-state index in [-0.39, 0.29) is 24.3 Å². The number of nitrogens with zero attached hydrogens (tertiary/aromatic N) is 1. The summed E-state index contributed by atoms with van der Waals surface area (Å²) in [6, 6.07) is 14.0. The van der Waals surface area contributed by atoms with Gasteiger partial charge in [-0.05, 0) is 49.6 Å². The van der Waals surface area contributed by atoms with Crippen LogP contribution < -0.4 is 4.31 Å². The highest BCUT2D eigenvalue weighted by atomic mass is 32.2. The minimum atomic E-state index is -3.75. The minimum Gasteiger partial charge on any atom is -0.481 e. The fourth-order valence-electron chi connectivity index (χ4n) is 2.50. The smallest absolute Gasteiger partial charge is 0.303 e. The van der Waals surface area contributed by atoms with E-state index in [9.17, 15) is 13.2 Å². The van der Waals surface area contributed by atoms with Crippen LogP contribution >= 0.6 is 0 Å². The van der Waals surface area contributed by atoms with Crippen LogP contribution in [0.1, 0.15) is 30.9 Å². The summed E-state index contributed by atoms with van der Waals surface area (Å²) in [5.41, 5.74) is 2.63. The van der Waals surface area contributed by atoms with Gasteiger partial charge in [0.15, 0.2) is 0 Å². The van der Waals surface area contributed by atoms with Gasteiger partial charge >= 0.3 is 5.97 Å². The van der Waals surface area contributed by atoms with Crippen LogP contribution in [-0.2, 0) is 21.2 Å². The molecule has 2 aromatic rings. The number of aryl methyl sites for hydroxylation is 2. The summed E-state index contributed by atoms with van der Waals surface area (Å²) in [5.74, 6) is -0.936. The number of carboxylic acids is 1. The summed E-state index contributed by atoms with van der Waals surface area (Å²) < 4.78 is 27.4. The minimum absolute atomic E-state index is 0.0764. The van der Waals surface area contributed by atoms with Crippen LogP contribution in [0, 0.1) is 6.92 Å². The van der Waals surface area contributed by atoms with E-state index in [0.29, 0.717) is 5.69 Å². The molecule has 2 aromatic carbocycles. The number of rotatable bonds is 8. The highest BCUT2D eigenvalue weighted by Crippen LogP contribution is 2.25. The van der Waals surface area contributed by atoms with Gasteiger partial charge in [0.1, 0.15) is 0 Å². The average Bonchev–Trinajstić information content (AvgIpc) is 2.59. The fourth-order valence-corrected chi connectivity index (χ4v) is 4.00. The molecule has 0 aliphatic heterocycles. The molecule has 0 amide bonds. The van der Waals surface area contributed by atoms with Crippen LogP contribution in [0.15, 0.2) is 53.4 Å². The van der Waals surface area contributed by atoms with Gasteiger partial charge in [0.05, 0.1) is 10.6 Å². The van der Waals surface area contributed by atoms with Crippen molar-refractivity contribution in [2.24, 2.45) is 0 Å². The van der Waals surface area contributed by atoms with E-state index in [2.05, 4.69) is 0 Å². The highest BCUT2D eigenvalue weighted by molar-refractivity contribution is 7.92. The molecule has 5 nitrogen and oxygen atoms in total. The van der Waals surface area contributed by atoms with Gasteiger partial charge in [-0.2, -0.15) is 0 Å². The zero-order valence-electron chi connectivity index (χ0n) is 14.5. The molecule has 0 fully saturated rings. The van der Waals surface area contributed by atoms with Gasteiger partial charge in [0.25, 0.3) is 10.0 Å². The van der Waals surface area contributed by atoms with E-state index in [1.807, 2.05) is 26.0 Å². The Balaban J connectivity index is 2.37. The van der Waals surface area contributed by atoms with E-state index in [4.69, 9.17) is 5.11 Å². The molecule has 0 aliphatic rings. The second-order valence-electron chi connectivity index (χ2n) is 5.91. The van der Waals surface area contributed by atoms with Crippen LogP contribution in [0.5, 0.6) is 0 Å². The Kier molecular flexibility index (Phi) is 6.20. The number of sulfonamides is 1. The Morgan fingerprint density at radius 3 is 2.16 bits per heavy atom. The van der Waals surface area contributed by atoms with Crippen molar-refractivity contribution in [1.29, 1.82) is 0 Å². The van der Waals surface area contributed by atoms with Crippen LogP contribution in [0.4, 0.5) is 5.69 Å². The maximum absolute atomic E-state index is 13.1. The Morgan fingerprint density at radius 1 is 1.04 bits per heavy atom. The number of carbonyl (C=O) groups is 1. The van der Waals surface area contributed by atoms with Crippen molar-refractivity contribution in [2.75, 3.05) is 10.8 Å². The molecule has 0 atom stereocenters. The molecule has 0 spiro atoms. The van der Waals surface area contributed by atoms with Gasteiger partial charge in [-0.15, -0.1) is 0 Å². The molecule has 134 valence electrons. The lowest BCUT2D eigenvalue weighted by Gasteiger charge is -2.24. The van der Waals surface area contributed by atoms with E-state index in [1.165, 1.54) is 4.31 Å². The first-order chi connectivity index (χ1) is 11.8. The maximum Gasteiger partial charge on any atom is 0.303 e. The van der Waals surface area contributed by atoms with Crippen molar-refractivity contribution in [3.05, 3.63) is 59.7 Å². The Bertz CT molecular complexity index is 812. The summed E-state index contributed by atoms with van der Waals surface area (Å²) in [7, 11) is -3.75. The van der Waals surface area contributed by atoms with Crippen LogP contribution in [0.25, 0.3) is 0 Å². The number of hydrogen-bond acceptors (Lipinski definition) is 3. The third-order valence-corrected chi connectivity index (χ3v) is 5.83. The van der Waals surface area contributed by atoms with Crippen molar-refractivity contribution in [3.8, 4) is 0 Å². The first kappa shape index (κ1) is 19.0. The molecular formula is C19H23NO4S. The third kappa shape index (κ3) is 4.82. The van der Waals surface area contributed by atoms with Crippen molar-refractivity contribution in [1.82, 2.24) is 0 Å². The van der Waals surface area contributed by atoms with E-state index < -0.39 is 16.0 Å². The van der Waals surface area contributed by atoms with Gasteiger partial charge in [-0.1, -0.05) is 36.8 Å². The lowest BCUT2D eigenvalue weighted by Crippen LogP contribution is -2.32. The Hall–Kier alpha value is -2.34. The second kappa shape index (κ2) is 8.16. The number of anilines is 1. The largest absolute Gasteiger partial charge is 0.481 e. The summed E-state index contributed by atoms with van der Waals surface area (Å²) in [6.07, 6.45) is 1.03. The van der Waals surface area contributed by atoms with Crippen molar-refractivity contribution in [2.45, 2.75) is 38.0 Å². The summed E-state index contributed by atoms with van der Waals surface area (Å²) in [5, 5.41) is 8.85. The first-order valence-corrected chi connectivity index (χ1v) is 9.68. The number of aliphatic carboxylic acids is 1. The molecule has 0 radical (unpaired) electrons. The Labute approximate surface area is 149 Å². The average molecular weight is 361 g/mol. The number of benzene rings is 2. The molecule has 0 heterocycles. The summed E-state index contributed by atoms with van der Waals surface area (Å²) in [6.45, 7) is 4.04. The third-order valence-electron chi connectivity index (χ3n) is 3.99. The van der Waals surface area contributed by atoms with Gasteiger partial charge in [-0.3, -0.25) is 9.10 Å². The van der Waals surface area contributed by atoms with E-state index >= 15 is 0 Å². The topological polar surface area (TPSA) is 74.7 Å². The molecule has 0 saturated carbocycles. The fraction of sp³-hybridized carbons (Fsp3) is 0.316. The van der Waals surface area contributed by atoms with E-state index in [1.54, 1.807) is 36.4 Å². The van der Waals surface area contributed by atoms with Crippen molar-refractivity contribution < 1.29 is 18.3 Å². The molecule has 6 heteroatoms. The van der Waals surface area contributed by atoms with E-state index in [0.717, 1.165) is 17.5 Å². The second-order valence-corrected chi connectivity index (χ2v) is 7.77. The Morgan fingerprint density at radius 2 is 1.64 bits per heavy atom. The van der Waals surface area contributed by atoms with Crippen LogP contribution in [-0.4, -0.2) is 26.0 Å². The van der Waals surface area contributed by atoms with Crippen LogP contribution in [0.2, 0.25) is 0 Å². The van der Waals surface area contributed by atoms with Gasteiger partial charge < -0.3 is 5.11 Å². The summed E-state index contributed by atoms with van der Waals surface area (Å²) >= 11 is 0. The lowest BCUT2D eigenvalue weighted by atomic mass is 10.1. The molecular weight excluding hydrogens is 338 g/mol. The van der Waals surface area contributed by atoms with Crippen molar-refractivity contribution in [3.63, 3.8) is 0 Å². The van der Waals surface area contributed by atoms with Crippen LogP contribution in [0.3, 0.4) is 0 Å². The molecule has 0 bridgehead atoms. The zero-order valence-corrected chi connectivity index (χ0v) is 15.3. The molecule has 1 N–H and O–H groups in total.